The summed E-state index contributed by atoms with van der Waals surface area (Å²) in [7, 11) is 0. The topological polar surface area (TPSA) is 141 Å². The molecule has 0 bridgehead atoms. The van der Waals surface area contributed by atoms with Crippen LogP contribution in [0.1, 0.15) is 19.6 Å². The molecule has 1 aliphatic heterocycles. The van der Waals surface area contributed by atoms with Gasteiger partial charge in [0.2, 0.25) is 5.28 Å². The van der Waals surface area contributed by atoms with E-state index in [0.717, 1.165) is 0 Å². The van der Waals surface area contributed by atoms with Crippen molar-refractivity contribution in [3.8, 4) is 0 Å². The van der Waals surface area contributed by atoms with Gasteiger partial charge in [-0.1, -0.05) is 5.16 Å². The maximum Gasteiger partial charge on any atom is 0.226 e. The van der Waals surface area contributed by atoms with E-state index in [1.807, 2.05) is 0 Å². The minimum Gasteiger partial charge on any atom is -0.411 e. The number of hydrogen-bond donors (Lipinski definition) is 3. The Labute approximate surface area is 141 Å². The first-order valence-corrected chi connectivity index (χ1v) is 7.62. The third kappa shape index (κ3) is 3.13. The molecule has 3 heterocycles. The van der Waals surface area contributed by atoms with Crippen LogP contribution < -0.4 is 5.73 Å². The lowest BCUT2D eigenvalue weighted by molar-refractivity contribution is -0.0550. The number of aliphatic hydroxyl groups is 1. The summed E-state index contributed by atoms with van der Waals surface area (Å²) in [5, 5.41) is 21.3. The maximum absolute atomic E-state index is 9.50. The number of nitrogen functional groups attached to an aromatic ring is 1. The highest BCUT2D eigenvalue weighted by Crippen LogP contribution is 2.33. The third-order valence-corrected chi connectivity index (χ3v) is 3.94. The third-order valence-electron chi connectivity index (χ3n) is 3.77. The Bertz CT molecular complexity index is 766. The monoisotopic (exact) mass is 356 g/mol. The van der Waals surface area contributed by atoms with E-state index in [2.05, 4.69) is 20.1 Å². The molecule has 0 aromatic carbocycles. The van der Waals surface area contributed by atoms with Gasteiger partial charge in [-0.3, -0.25) is 4.57 Å². The van der Waals surface area contributed by atoms with E-state index in [9.17, 15) is 5.11 Å². The summed E-state index contributed by atoms with van der Waals surface area (Å²) in [6, 6.07) is 0. The first-order valence-electron chi connectivity index (χ1n) is 7.24. The van der Waals surface area contributed by atoms with Crippen LogP contribution in [0.4, 0.5) is 5.82 Å². The van der Waals surface area contributed by atoms with E-state index in [-0.39, 0.29) is 30.4 Å². The van der Waals surface area contributed by atoms with Crippen molar-refractivity contribution in [3.63, 3.8) is 0 Å². The lowest BCUT2D eigenvalue weighted by atomic mass is 10.2. The summed E-state index contributed by atoms with van der Waals surface area (Å²) in [6.07, 6.45) is 0.650. The van der Waals surface area contributed by atoms with E-state index in [4.69, 9.17) is 32.0 Å². The van der Waals surface area contributed by atoms with Crippen molar-refractivity contribution >= 4 is 34.3 Å². The SMILES string of the molecule is CC(CO[C@H]1C[C@H](n2cnc3c(N)nc(Cl)nc32)O[C@@H]1CO)=NO. The van der Waals surface area contributed by atoms with E-state index >= 15 is 0 Å². The van der Waals surface area contributed by atoms with Crippen LogP contribution >= 0.6 is 11.6 Å². The predicted octanol–water partition coefficient (Wildman–Crippen LogP) is 0.577. The zero-order chi connectivity index (χ0) is 17.3. The fraction of sp³-hybridized carbons (Fsp3) is 0.538. The molecule has 10 nitrogen and oxygen atoms in total. The van der Waals surface area contributed by atoms with Crippen LogP contribution in [0.15, 0.2) is 11.5 Å². The first kappa shape index (κ1) is 16.8. The zero-order valence-corrected chi connectivity index (χ0v) is 13.6. The number of aromatic nitrogens is 4. The van der Waals surface area contributed by atoms with Gasteiger partial charge in [-0.15, -0.1) is 0 Å². The molecule has 0 aliphatic carbocycles. The van der Waals surface area contributed by atoms with Crippen LogP contribution in [-0.2, 0) is 9.47 Å². The van der Waals surface area contributed by atoms with Crippen molar-refractivity contribution in [1.82, 2.24) is 19.5 Å². The Morgan fingerprint density at radius 1 is 1.58 bits per heavy atom. The molecule has 1 aliphatic rings. The van der Waals surface area contributed by atoms with Crippen molar-refractivity contribution in [2.45, 2.75) is 31.8 Å². The van der Waals surface area contributed by atoms with Gasteiger partial charge in [0.15, 0.2) is 11.5 Å². The van der Waals surface area contributed by atoms with Gasteiger partial charge in [0.05, 0.1) is 31.4 Å². The fourth-order valence-electron chi connectivity index (χ4n) is 2.59. The Hall–Kier alpha value is -2.01. The number of rotatable bonds is 5. The first-order chi connectivity index (χ1) is 11.5. The van der Waals surface area contributed by atoms with E-state index in [1.165, 1.54) is 6.33 Å². The van der Waals surface area contributed by atoms with Gasteiger partial charge in [0.1, 0.15) is 17.8 Å². The molecule has 0 spiro atoms. The van der Waals surface area contributed by atoms with Crippen molar-refractivity contribution < 1.29 is 19.8 Å². The number of oxime groups is 1. The average Bonchev–Trinajstić information content (AvgIpc) is 3.15. The number of anilines is 1. The Kier molecular flexibility index (Phi) is 4.81. The van der Waals surface area contributed by atoms with E-state index in [0.29, 0.717) is 23.3 Å². The molecule has 2 aromatic rings. The van der Waals surface area contributed by atoms with Crippen LogP contribution in [0.3, 0.4) is 0 Å². The number of hydrogen-bond acceptors (Lipinski definition) is 9. The van der Waals surface area contributed by atoms with Gasteiger partial charge >= 0.3 is 0 Å². The van der Waals surface area contributed by atoms with Crippen LogP contribution in [0.2, 0.25) is 5.28 Å². The number of fused-ring (bicyclic) bond motifs is 1. The molecule has 1 saturated heterocycles. The predicted molar refractivity (Wildman–Crippen MR) is 85.0 cm³/mol. The second kappa shape index (κ2) is 6.85. The van der Waals surface area contributed by atoms with Gasteiger partial charge in [-0.05, 0) is 18.5 Å². The van der Waals surface area contributed by atoms with Gasteiger partial charge in [0, 0.05) is 6.42 Å². The van der Waals surface area contributed by atoms with Gasteiger partial charge < -0.3 is 25.5 Å². The molecule has 3 rings (SSSR count). The zero-order valence-electron chi connectivity index (χ0n) is 12.8. The number of nitrogens with zero attached hydrogens (tertiary/aromatic N) is 5. The highest BCUT2D eigenvalue weighted by Gasteiger charge is 2.37. The van der Waals surface area contributed by atoms with Crippen molar-refractivity contribution in [3.05, 3.63) is 11.6 Å². The van der Waals surface area contributed by atoms with Gasteiger partial charge in [0.25, 0.3) is 0 Å². The normalized spacial score (nSPS) is 24.8. The molecule has 24 heavy (non-hydrogen) atoms. The molecule has 0 radical (unpaired) electrons. The summed E-state index contributed by atoms with van der Waals surface area (Å²) in [5.41, 5.74) is 7.09. The molecule has 3 atom stereocenters. The highest BCUT2D eigenvalue weighted by atomic mass is 35.5. The number of imidazole rings is 1. The molecule has 0 saturated carbocycles. The minimum absolute atomic E-state index is 0.0148. The Morgan fingerprint density at radius 3 is 3.08 bits per heavy atom. The molecular formula is C13H17ClN6O4. The fourth-order valence-corrected chi connectivity index (χ4v) is 2.76. The average molecular weight is 357 g/mol. The largest absolute Gasteiger partial charge is 0.411 e. The molecule has 2 aromatic heterocycles. The smallest absolute Gasteiger partial charge is 0.226 e. The van der Waals surface area contributed by atoms with Crippen molar-refractivity contribution in [2.75, 3.05) is 18.9 Å². The summed E-state index contributed by atoms with van der Waals surface area (Å²) in [4.78, 5) is 12.2. The second-order valence-corrected chi connectivity index (χ2v) is 5.77. The quantitative estimate of drug-likeness (QED) is 0.305. The molecule has 1 fully saturated rings. The summed E-state index contributed by atoms with van der Waals surface area (Å²) < 4.78 is 13.2. The molecule has 4 N–H and O–H groups in total. The number of aliphatic hydroxyl groups excluding tert-OH is 1. The van der Waals surface area contributed by atoms with Crippen LogP contribution in [0, 0.1) is 0 Å². The van der Waals surface area contributed by atoms with Gasteiger partial charge in [-0.25, -0.2) is 4.98 Å². The van der Waals surface area contributed by atoms with Gasteiger partial charge in [-0.2, -0.15) is 9.97 Å². The van der Waals surface area contributed by atoms with Crippen molar-refractivity contribution in [1.29, 1.82) is 0 Å². The maximum atomic E-state index is 9.50. The molecule has 0 unspecified atom stereocenters. The molecular weight excluding hydrogens is 340 g/mol. The van der Waals surface area contributed by atoms with Crippen LogP contribution in [0.5, 0.6) is 0 Å². The molecule has 11 heteroatoms. The summed E-state index contributed by atoms with van der Waals surface area (Å²) in [5.74, 6) is 0.183. The number of halogens is 1. The summed E-state index contributed by atoms with van der Waals surface area (Å²) >= 11 is 5.86. The van der Waals surface area contributed by atoms with Crippen LogP contribution in [0.25, 0.3) is 11.2 Å². The second-order valence-electron chi connectivity index (χ2n) is 5.43. The number of nitrogens with two attached hydrogens (primary N) is 1. The summed E-state index contributed by atoms with van der Waals surface area (Å²) in [6.45, 7) is 1.56. The minimum atomic E-state index is -0.520. The molecule has 0 amide bonds. The molecule has 130 valence electrons. The van der Waals surface area contributed by atoms with E-state index in [1.54, 1.807) is 11.5 Å². The lowest BCUT2D eigenvalue weighted by Crippen LogP contribution is -2.29. The van der Waals surface area contributed by atoms with E-state index < -0.39 is 12.3 Å². The Balaban J connectivity index is 1.83. The lowest BCUT2D eigenvalue weighted by Gasteiger charge is -2.16. The van der Waals surface area contributed by atoms with Crippen LogP contribution in [-0.4, -0.2) is 61.0 Å². The highest BCUT2D eigenvalue weighted by molar-refractivity contribution is 6.28. The number of ether oxygens (including phenoxy) is 2. The standard InChI is InChI=1S/C13H17ClN6O4/c1-6(19-22)4-23-7-2-9(24-8(7)3-21)20-5-16-10-11(15)17-13(14)18-12(10)20/h5,7-9,21-22H,2-4H2,1H3,(H2,15,17,18)/t7-,8+,9+/m0/s1. The van der Waals surface area contributed by atoms with Crippen molar-refractivity contribution in [2.24, 2.45) is 5.16 Å². The Morgan fingerprint density at radius 2 is 2.38 bits per heavy atom.